The van der Waals surface area contributed by atoms with Gasteiger partial charge in [0.1, 0.15) is 18.1 Å². The van der Waals surface area contributed by atoms with Gasteiger partial charge in [0.05, 0.1) is 17.8 Å². The molecule has 3 rings (SSSR count). The smallest absolute Gasteiger partial charge is 0.277 e. The molecule has 0 radical (unpaired) electrons. The number of hydrogen-bond donors (Lipinski definition) is 1. The number of carbonyl (C=O) groups is 1. The van der Waals surface area contributed by atoms with Crippen molar-refractivity contribution in [3.05, 3.63) is 94.0 Å². The molecular weight excluding hydrogens is 446 g/mol. The van der Waals surface area contributed by atoms with Crippen molar-refractivity contribution in [1.82, 2.24) is 5.43 Å². The van der Waals surface area contributed by atoms with Gasteiger partial charge in [-0.3, -0.25) is 4.79 Å². The van der Waals surface area contributed by atoms with Crippen molar-refractivity contribution in [1.29, 1.82) is 5.26 Å². The maximum absolute atomic E-state index is 11.8. The van der Waals surface area contributed by atoms with Gasteiger partial charge in [0.2, 0.25) is 0 Å². The third kappa shape index (κ3) is 6.47. The standard InChI is InChI=1S/C23H18BrN3O3/c24-20-7-11-22(12-8-20)30-16-23(28)27-26-14-17-5-9-21(10-6-17)29-15-19-4-2-1-3-18(19)13-25/h1-12,14H,15-16H2,(H,27,28)/b26-14-. The van der Waals surface area contributed by atoms with E-state index in [1.165, 1.54) is 6.21 Å². The Morgan fingerprint density at radius 2 is 1.67 bits per heavy atom. The molecule has 0 saturated heterocycles. The molecular formula is C23H18BrN3O3. The van der Waals surface area contributed by atoms with Crippen LogP contribution in [0.4, 0.5) is 0 Å². The Morgan fingerprint density at radius 1 is 1.00 bits per heavy atom. The highest BCUT2D eigenvalue weighted by Crippen LogP contribution is 2.16. The second-order valence-corrected chi connectivity index (χ2v) is 7.08. The first-order chi connectivity index (χ1) is 14.6. The summed E-state index contributed by atoms with van der Waals surface area (Å²) in [6.45, 7) is 0.182. The van der Waals surface area contributed by atoms with Crippen molar-refractivity contribution >= 4 is 28.1 Å². The molecule has 6 nitrogen and oxygen atoms in total. The Bertz CT molecular complexity index is 1060. The van der Waals surface area contributed by atoms with Gasteiger partial charge in [-0.15, -0.1) is 0 Å². The number of ether oxygens (including phenoxy) is 2. The Kier molecular flexibility index (Phi) is 7.58. The van der Waals surface area contributed by atoms with Gasteiger partial charge in [-0.1, -0.05) is 34.1 Å². The van der Waals surface area contributed by atoms with E-state index < -0.39 is 0 Å². The Balaban J connectivity index is 1.44. The van der Waals surface area contributed by atoms with Crippen LogP contribution in [0.1, 0.15) is 16.7 Å². The van der Waals surface area contributed by atoms with Crippen molar-refractivity contribution in [2.45, 2.75) is 6.61 Å². The third-order valence-corrected chi connectivity index (χ3v) is 4.53. The van der Waals surface area contributed by atoms with Crippen LogP contribution in [0, 0.1) is 11.3 Å². The Morgan fingerprint density at radius 3 is 2.40 bits per heavy atom. The summed E-state index contributed by atoms with van der Waals surface area (Å²) < 4.78 is 12.0. The highest BCUT2D eigenvalue weighted by molar-refractivity contribution is 9.10. The largest absolute Gasteiger partial charge is 0.489 e. The maximum Gasteiger partial charge on any atom is 0.277 e. The van der Waals surface area contributed by atoms with Gasteiger partial charge < -0.3 is 9.47 Å². The molecule has 150 valence electrons. The van der Waals surface area contributed by atoms with Crippen LogP contribution in [0.15, 0.2) is 82.4 Å². The van der Waals surface area contributed by atoms with Gasteiger partial charge in [-0.05, 0) is 60.2 Å². The summed E-state index contributed by atoms with van der Waals surface area (Å²) in [5.74, 6) is 0.919. The summed E-state index contributed by atoms with van der Waals surface area (Å²) >= 11 is 3.34. The second-order valence-electron chi connectivity index (χ2n) is 6.16. The quantitative estimate of drug-likeness (QED) is 0.395. The van der Waals surface area contributed by atoms with Crippen LogP contribution in [0.2, 0.25) is 0 Å². The summed E-state index contributed by atoms with van der Waals surface area (Å²) in [6, 6.07) is 23.9. The van der Waals surface area contributed by atoms with E-state index in [-0.39, 0.29) is 12.5 Å². The van der Waals surface area contributed by atoms with Crippen molar-refractivity contribution in [2.24, 2.45) is 5.10 Å². The van der Waals surface area contributed by atoms with Crippen LogP contribution in [-0.2, 0) is 11.4 Å². The van der Waals surface area contributed by atoms with Gasteiger partial charge in [0, 0.05) is 10.0 Å². The lowest BCUT2D eigenvalue weighted by atomic mass is 10.1. The van der Waals surface area contributed by atoms with Gasteiger partial charge in [-0.2, -0.15) is 10.4 Å². The Labute approximate surface area is 182 Å². The lowest BCUT2D eigenvalue weighted by Gasteiger charge is -2.07. The van der Waals surface area contributed by atoms with Crippen LogP contribution in [0.25, 0.3) is 0 Å². The molecule has 0 saturated carbocycles. The predicted molar refractivity (Wildman–Crippen MR) is 117 cm³/mol. The van der Waals surface area contributed by atoms with Crippen molar-refractivity contribution in [3.63, 3.8) is 0 Å². The molecule has 0 aliphatic carbocycles. The lowest BCUT2D eigenvalue weighted by molar-refractivity contribution is -0.123. The molecule has 1 N–H and O–H groups in total. The number of hydrogen-bond acceptors (Lipinski definition) is 5. The van der Waals surface area contributed by atoms with E-state index in [0.717, 1.165) is 15.6 Å². The molecule has 0 spiro atoms. The number of rotatable bonds is 8. The van der Waals surface area contributed by atoms with Crippen molar-refractivity contribution in [3.8, 4) is 17.6 Å². The summed E-state index contributed by atoms with van der Waals surface area (Å²) in [5, 5.41) is 13.0. The van der Waals surface area contributed by atoms with Gasteiger partial charge in [-0.25, -0.2) is 5.43 Å². The van der Waals surface area contributed by atoms with E-state index in [1.807, 2.05) is 42.5 Å². The molecule has 0 atom stereocenters. The molecule has 0 aliphatic rings. The number of amides is 1. The first-order valence-electron chi connectivity index (χ1n) is 9.05. The molecule has 0 aromatic heterocycles. The van der Waals surface area contributed by atoms with Crippen LogP contribution >= 0.6 is 15.9 Å². The average molecular weight is 464 g/mol. The Hall–Kier alpha value is -3.63. The zero-order chi connectivity index (χ0) is 21.2. The molecule has 0 aliphatic heterocycles. The molecule has 0 bridgehead atoms. The minimum Gasteiger partial charge on any atom is -0.489 e. The van der Waals surface area contributed by atoms with Crippen LogP contribution in [0.5, 0.6) is 11.5 Å². The number of nitriles is 1. The first kappa shape index (κ1) is 21.1. The molecule has 0 unspecified atom stereocenters. The number of nitrogens with one attached hydrogen (secondary N) is 1. The van der Waals surface area contributed by atoms with Crippen molar-refractivity contribution < 1.29 is 14.3 Å². The normalized spacial score (nSPS) is 10.4. The SMILES string of the molecule is N#Cc1ccccc1COc1ccc(/C=N\NC(=O)COc2ccc(Br)cc2)cc1. The minimum absolute atomic E-state index is 0.129. The molecule has 0 fully saturated rings. The van der Waals surface area contributed by atoms with E-state index in [0.29, 0.717) is 23.7 Å². The predicted octanol–water partition coefficient (Wildman–Crippen LogP) is 4.43. The van der Waals surface area contributed by atoms with Crippen LogP contribution in [-0.4, -0.2) is 18.7 Å². The molecule has 3 aromatic rings. The zero-order valence-electron chi connectivity index (χ0n) is 15.9. The summed E-state index contributed by atoms with van der Waals surface area (Å²) in [4.78, 5) is 11.8. The van der Waals surface area contributed by atoms with Crippen LogP contribution in [0.3, 0.4) is 0 Å². The van der Waals surface area contributed by atoms with Crippen molar-refractivity contribution in [2.75, 3.05) is 6.61 Å². The molecule has 3 aromatic carbocycles. The van der Waals surface area contributed by atoms with E-state index in [1.54, 1.807) is 30.3 Å². The fourth-order valence-electron chi connectivity index (χ4n) is 2.46. The van der Waals surface area contributed by atoms with E-state index in [4.69, 9.17) is 14.7 Å². The number of nitrogens with zero attached hydrogens (tertiary/aromatic N) is 2. The lowest BCUT2D eigenvalue weighted by Crippen LogP contribution is -2.24. The zero-order valence-corrected chi connectivity index (χ0v) is 17.5. The minimum atomic E-state index is -0.356. The number of hydrazone groups is 1. The fourth-order valence-corrected chi connectivity index (χ4v) is 2.72. The van der Waals surface area contributed by atoms with E-state index in [2.05, 4.69) is 32.5 Å². The first-order valence-corrected chi connectivity index (χ1v) is 9.84. The molecule has 1 amide bonds. The van der Waals surface area contributed by atoms with Gasteiger partial charge in [0.25, 0.3) is 5.91 Å². The number of carbonyl (C=O) groups excluding carboxylic acids is 1. The summed E-state index contributed by atoms with van der Waals surface area (Å²) in [5.41, 5.74) is 4.65. The van der Waals surface area contributed by atoms with E-state index in [9.17, 15) is 4.79 Å². The highest BCUT2D eigenvalue weighted by Gasteiger charge is 2.03. The highest BCUT2D eigenvalue weighted by atomic mass is 79.9. The van der Waals surface area contributed by atoms with Gasteiger partial charge in [0.15, 0.2) is 6.61 Å². The monoisotopic (exact) mass is 463 g/mol. The van der Waals surface area contributed by atoms with Crippen LogP contribution < -0.4 is 14.9 Å². The maximum atomic E-state index is 11.8. The van der Waals surface area contributed by atoms with Gasteiger partial charge >= 0.3 is 0 Å². The summed E-state index contributed by atoms with van der Waals surface area (Å²) in [6.07, 6.45) is 1.53. The number of benzene rings is 3. The topological polar surface area (TPSA) is 83.7 Å². The fraction of sp³-hybridized carbons (Fsp3) is 0.0870. The summed E-state index contributed by atoms with van der Waals surface area (Å²) in [7, 11) is 0. The number of halogens is 1. The molecule has 30 heavy (non-hydrogen) atoms. The van der Waals surface area contributed by atoms with E-state index >= 15 is 0 Å². The second kappa shape index (κ2) is 10.8. The molecule has 7 heteroatoms. The third-order valence-electron chi connectivity index (χ3n) is 4.00. The molecule has 0 heterocycles. The average Bonchev–Trinajstić information content (AvgIpc) is 2.78.